The Morgan fingerprint density at radius 1 is 0.444 bits per heavy atom. The lowest BCUT2D eigenvalue weighted by Gasteiger charge is -2.09. The molecule has 3 aliphatic heterocycles. The minimum absolute atomic E-state index is 0.267. The van der Waals surface area contributed by atoms with Gasteiger partial charge in [-0.3, -0.25) is 15.0 Å². The van der Waals surface area contributed by atoms with Crippen LogP contribution >= 0.6 is 0 Å². The third kappa shape index (κ3) is 6.00. The van der Waals surface area contributed by atoms with Gasteiger partial charge in [0.05, 0.1) is 33.3 Å². The van der Waals surface area contributed by atoms with E-state index in [4.69, 9.17) is 29.2 Å². The molecule has 0 saturated heterocycles. The van der Waals surface area contributed by atoms with Crippen molar-refractivity contribution in [3.8, 4) is 34.6 Å². The van der Waals surface area contributed by atoms with E-state index < -0.39 is 0 Å². The van der Waals surface area contributed by atoms with E-state index >= 15 is 0 Å². The van der Waals surface area contributed by atoms with Gasteiger partial charge >= 0.3 is 0 Å². The van der Waals surface area contributed by atoms with Gasteiger partial charge in [-0.05, 0) is 77.9 Å². The fraction of sp³-hybridized carbons (Fsp3) is 0.364. The number of pyridine rings is 3. The fourth-order valence-electron chi connectivity index (χ4n) is 4.87. The lowest BCUT2D eigenvalue weighted by atomic mass is 10.1. The first-order valence-corrected chi connectivity index (χ1v) is 14.8. The van der Waals surface area contributed by atoms with Crippen LogP contribution < -0.4 is 0 Å². The summed E-state index contributed by atoms with van der Waals surface area (Å²) in [7, 11) is 0. The molecular formula is C33H33N9O3. The van der Waals surface area contributed by atoms with Gasteiger partial charge in [0, 0.05) is 18.6 Å². The fourth-order valence-corrected chi connectivity index (χ4v) is 4.87. The summed E-state index contributed by atoms with van der Waals surface area (Å²) in [6.45, 7) is 13.7. The molecule has 0 atom stereocenters. The Hall–Kier alpha value is -5.13. The van der Waals surface area contributed by atoms with Gasteiger partial charge in [-0.15, -0.1) is 0 Å². The SMILES string of the molecule is CC1(C)COC(c2ccc(-c3nc(-c4ccc(C5=NC(C)(C)CO5)cn4)nc(-c4ccc(C5=NC(C)(C)CO5)cn4)n3)nc2)=N1. The topological polar surface area (TPSA) is 142 Å². The van der Waals surface area contributed by atoms with Crippen molar-refractivity contribution < 1.29 is 14.2 Å². The van der Waals surface area contributed by atoms with E-state index in [0.29, 0.717) is 72.1 Å². The second-order valence-corrected chi connectivity index (χ2v) is 13.2. The average Bonchev–Trinajstić information content (AvgIpc) is 3.71. The van der Waals surface area contributed by atoms with Crippen LogP contribution in [0.25, 0.3) is 34.6 Å². The third-order valence-electron chi connectivity index (χ3n) is 7.25. The molecule has 7 heterocycles. The molecule has 0 N–H and O–H groups in total. The second kappa shape index (κ2) is 10.5. The largest absolute Gasteiger partial charge is 0.475 e. The van der Waals surface area contributed by atoms with E-state index in [1.165, 1.54) is 0 Å². The summed E-state index contributed by atoms with van der Waals surface area (Å²) < 4.78 is 17.4. The zero-order valence-corrected chi connectivity index (χ0v) is 26.1. The molecule has 4 aromatic heterocycles. The van der Waals surface area contributed by atoms with Gasteiger partial charge in [0.15, 0.2) is 17.5 Å². The summed E-state index contributed by atoms with van der Waals surface area (Å²) >= 11 is 0. The lowest BCUT2D eigenvalue weighted by molar-refractivity contribution is 0.279. The van der Waals surface area contributed by atoms with Gasteiger partial charge < -0.3 is 14.2 Å². The monoisotopic (exact) mass is 603 g/mol. The van der Waals surface area contributed by atoms with Gasteiger partial charge in [-0.2, -0.15) is 0 Å². The highest BCUT2D eigenvalue weighted by Gasteiger charge is 2.29. The van der Waals surface area contributed by atoms with Gasteiger partial charge in [-0.25, -0.2) is 29.9 Å². The highest BCUT2D eigenvalue weighted by atomic mass is 16.5. The maximum atomic E-state index is 5.79. The Morgan fingerprint density at radius 3 is 0.933 bits per heavy atom. The molecule has 7 rings (SSSR count). The molecule has 4 aromatic rings. The maximum absolute atomic E-state index is 5.79. The van der Waals surface area contributed by atoms with Crippen LogP contribution in [0.2, 0.25) is 0 Å². The Balaban J connectivity index is 1.25. The second-order valence-electron chi connectivity index (χ2n) is 13.2. The number of rotatable bonds is 6. The lowest BCUT2D eigenvalue weighted by Crippen LogP contribution is -2.17. The van der Waals surface area contributed by atoms with E-state index in [0.717, 1.165) is 16.7 Å². The van der Waals surface area contributed by atoms with Gasteiger partial charge in [0.1, 0.15) is 36.9 Å². The number of aliphatic imine (C=N–C) groups is 3. The van der Waals surface area contributed by atoms with Crippen LogP contribution in [0.4, 0.5) is 0 Å². The van der Waals surface area contributed by atoms with Crippen LogP contribution in [-0.2, 0) is 14.2 Å². The Morgan fingerprint density at radius 2 is 0.733 bits per heavy atom. The zero-order chi connectivity index (χ0) is 31.4. The minimum atomic E-state index is -0.267. The third-order valence-corrected chi connectivity index (χ3v) is 7.25. The number of hydrogen-bond donors (Lipinski definition) is 0. The summed E-state index contributed by atoms with van der Waals surface area (Å²) in [4.78, 5) is 42.2. The summed E-state index contributed by atoms with van der Waals surface area (Å²) in [5.74, 6) is 2.85. The quantitative estimate of drug-likeness (QED) is 0.306. The van der Waals surface area contributed by atoms with Crippen molar-refractivity contribution in [1.82, 2.24) is 29.9 Å². The van der Waals surface area contributed by atoms with E-state index in [2.05, 4.69) is 29.9 Å². The molecule has 0 aromatic carbocycles. The molecule has 0 saturated carbocycles. The normalized spacial score (nSPS) is 19.2. The summed E-state index contributed by atoms with van der Waals surface area (Å²) in [5.41, 5.74) is 3.23. The molecule has 0 spiro atoms. The van der Waals surface area contributed by atoms with Crippen LogP contribution in [0, 0.1) is 0 Å². The predicted molar refractivity (Wildman–Crippen MR) is 169 cm³/mol. The number of aromatic nitrogens is 6. The van der Waals surface area contributed by atoms with E-state index in [1.807, 2.05) is 77.9 Å². The molecule has 45 heavy (non-hydrogen) atoms. The van der Waals surface area contributed by atoms with Crippen LogP contribution in [0.3, 0.4) is 0 Å². The van der Waals surface area contributed by atoms with Crippen molar-refractivity contribution in [3.05, 3.63) is 71.7 Å². The van der Waals surface area contributed by atoms with Crippen LogP contribution in [-0.4, -0.2) is 84.0 Å². The highest BCUT2D eigenvalue weighted by Crippen LogP contribution is 2.26. The van der Waals surface area contributed by atoms with Crippen molar-refractivity contribution in [2.75, 3.05) is 19.8 Å². The summed E-state index contributed by atoms with van der Waals surface area (Å²) in [5, 5.41) is 0. The van der Waals surface area contributed by atoms with Crippen molar-refractivity contribution in [3.63, 3.8) is 0 Å². The van der Waals surface area contributed by atoms with Crippen molar-refractivity contribution in [1.29, 1.82) is 0 Å². The number of hydrogen-bond acceptors (Lipinski definition) is 12. The van der Waals surface area contributed by atoms with Gasteiger partial charge in [0.25, 0.3) is 0 Å². The van der Waals surface area contributed by atoms with Crippen molar-refractivity contribution in [2.24, 2.45) is 15.0 Å². The van der Waals surface area contributed by atoms with Gasteiger partial charge in [-0.1, -0.05) is 0 Å². The Labute approximate surface area is 260 Å². The molecule has 12 nitrogen and oxygen atoms in total. The standard InChI is InChI=1S/C33H33N9O3/c1-31(2)16-43-28(40-31)19-7-10-22(34-13-19)25-37-26(23-11-8-20(14-35-23)29-41-32(3,4)17-44-29)39-27(38-25)24-12-9-21(15-36-24)30-42-33(5,6)18-45-30/h7-15H,16-18H2,1-6H3. The first-order valence-electron chi connectivity index (χ1n) is 14.8. The van der Waals surface area contributed by atoms with Gasteiger partial charge in [0.2, 0.25) is 17.7 Å². The Kier molecular flexibility index (Phi) is 6.68. The maximum Gasteiger partial charge on any atom is 0.218 e. The highest BCUT2D eigenvalue weighted by molar-refractivity contribution is 5.96. The zero-order valence-electron chi connectivity index (χ0n) is 26.1. The molecule has 0 bridgehead atoms. The molecule has 0 aliphatic carbocycles. The number of ether oxygens (including phenoxy) is 3. The molecule has 228 valence electrons. The smallest absolute Gasteiger partial charge is 0.218 e. The van der Waals surface area contributed by atoms with E-state index in [1.54, 1.807) is 18.6 Å². The molecule has 12 heteroatoms. The van der Waals surface area contributed by atoms with Crippen molar-refractivity contribution in [2.45, 2.75) is 58.2 Å². The van der Waals surface area contributed by atoms with Crippen LogP contribution in [0.5, 0.6) is 0 Å². The first kappa shape index (κ1) is 28.6. The Bertz CT molecular complexity index is 1630. The van der Waals surface area contributed by atoms with Crippen molar-refractivity contribution >= 4 is 17.7 Å². The predicted octanol–water partition coefficient (Wildman–Crippen LogP) is 4.72. The number of nitrogens with zero attached hydrogens (tertiary/aromatic N) is 9. The average molecular weight is 604 g/mol. The molecule has 0 unspecified atom stereocenters. The molecular weight excluding hydrogens is 570 g/mol. The summed E-state index contributed by atoms with van der Waals surface area (Å²) in [6.07, 6.45) is 5.14. The van der Waals surface area contributed by atoms with E-state index in [-0.39, 0.29) is 16.6 Å². The van der Waals surface area contributed by atoms with E-state index in [9.17, 15) is 0 Å². The molecule has 0 radical (unpaired) electrons. The van der Waals surface area contributed by atoms with Crippen LogP contribution in [0.1, 0.15) is 58.2 Å². The summed E-state index contributed by atoms with van der Waals surface area (Å²) in [6, 6.07) is 11.2. The molecule has 3 aliphatic rings. The molecule has 0 fully saturated rings. The molecule has 0 amide bonds. The first-order chi connectivity index (χ1) is 21.4. The van der Waals surface area contributed by atoms with Crippen LogP contribution in [0.15, 0.2) is 70.0 Å². The minimum Gasteiger partial charge on any atom is -0.475 e.